The van der Waals surface area contributed by atoms with Crippen LogP contribution in [0, 0.1) is 13.8 Å². The Balaban J connectivity index is 1.74. The Morgan fingerprint density at radius 3 is 2.41 bits per heavy atom. The van der Waals surface area contributed by atoms with Crippen LogP contribution in [0.1, 0.15) is 66.0 Å². The van der Waals surface area contributed by atoms with E-state index in [-0.39, 0.29) is 24.4 Å². The lowest BCUT2D eigenvalue weighted by Crippen LogP contribution is -2.35. The maximum absolute atomic E-state index is 13.1. The predicted molar refractivity (Wildman–Crippen MR) is 112 cm³/mol. The van der Waals surface area contributed by atoms with Crippen LogP contribution in [-0.2, 0) is 19.7 Å². The van der Waals surface area contributed by atoms with Gasteiger partial charge in [-0.05, 0) is 45.2 Å². The highest BCUT2D eigenvalue weighted by atomic mass is 16.5. The van der Waals surface area contributed by atoms with Gasteiger partial charge in [0, 0.05) is 24.1 Å². The molecule has 0 bridgehead atoms. The first-order chi connectivity index (χ1) is 13.9. The van der Waals surface area contributed by atoms with E-state index in [1.807, 2.05) is 50.2 Å². The maximum atomic E-state index is 13.1. The Morgan fingerprint density at radius 2 is 1.79 bits per heavy atom. The molecule has 0 unspecified atom stereocenters. The van der Waals surface area contributed by atoms with Crippen molar-refractivity contribution >= 4 is 11.8 Å². The van der Waals surface area contributed by atoms with Crippen LogP contribution in [0.15, 0.2) is 36.4 Å². The first-order valence-electron chi connectivity index (χ1n) is 10.3. The van der Waals surface area contributed by atoms with Gasteiger partial charge < -0.3 is 14.0 Å². The van der Waals surface area contributed by atoms with Gasteiger partial charge in [-0.3, -0.25) is 9.59 Å². The van der Waals surface area contributed by atoms with Gasteiger partial charge >= 0.3 is 5.97 Å². The molecule has 156 valence electrons. The second-order valence-electron chi connectivity index (χ2n) is 8.11. The number of Topliss-reactive ketones (excluding diaryl/α,β-unsaturated/α-hetero) is 1. The predicted octanol–water partition coefficient (Wildman–Crippen LogP) is 4.55. The fourth-order valence-corrected chi connectivity index (χ4v) is 4.75. The van der Waals surface area contributed by atoms with Gasteiger partial charge in [-0.25, -0.2) is 0 Å². The highest BCUT2D eigenvalue weighted by Gasteiger charge is 2.44. The number of esters is 1. The summed E-state index contributed by atoms with van der Waals surface area (Å²) in [5.74, 6) is -0.445. The zero-order valence-electron chi connectivity index (χ0n) is 17.9. The summed E-state index contributed by atoms with van der Waals surface area (Å²) >= 11 is 0. The molecule has 0 amide bonds. The summed E-state index contributed by atoms with van der Waals surface area (Å²) in [4.78, 5) is 25.9. The molecule has 1 aromatic carbocycles. The minimum atomic E-state index is -0.620. The smallest absolute Gasteiger partial charge is 0.317 e. The third-order valence-electron chi connectivity index (χ3n) is 6.14. The van der Waals surface area contributed by atoms with Gasteiger partial charge in [0.05, 0.1) is 18.1 Å². The van der Waals surface area contributed by atoms with Gasteiger partial charge in [-0.1, -0.05) is 43.2 Å². The fourth-order valence-electron chi connectivity index (χ4n) is 4.75. The monoisotopic (exact) mass is 397 g/mol. The standard InChI is InChI=1S/C24H31NO4/c1-17-14-21(19(3)25(17)18(2)15-28-4)22(26)16-29-23(27)24(12-8-9-13-24)20-10-6-5-7-11-20/h5-7,10-11,14,18H,8-9,12-13,15-16H2,1-4H3/t18-/m0/s1. The van der Waals surface area contributed by atoms with Crippen molar-refractivity contribution in [3.8, 4) is 0 Å². The van der Waals surface area contributed by atoms with Crippen molar-refractivity contribution in [1.29, 1.82) is 0 Å². The van der Waals surface area contributed by atoms with E-state index in [1.54, 1.807) is 7.11 Å². The number of benzene rings is 1. The first kappa shape index (κ1) is 21.3. The topological polar surface area (TPSA) is 57.5 Å². The number of aromatic nitrogens is 1. The minimum Gasteiger partial charge on any atom is -0.457 e. The number of carbonyl (C=O) groups excluding carboxylic acids is 2. The van der Waals surface area contributed by atoms with E-state index in [9.17, 15) is 9.59 Å². The van der Waals surface area contributed by atoms with Gasteiger partial charge in [-0.2, -0.15) is 0 Å². The fraction of sp³-hybridized carbons (Fsp3) is 0.500. The van der Waals surface area contributed by atoms with Gasteiger partial charge in [0.15, 0.2) is 6.61 Å². The molecular formula is C24H31NO4. The second-order valence-corrected chi connectivity index (χ2v) is 8.11. The number of ether oxygens (including phenoxy) is 2. The van der Waals surface area contributed by atoms with Crippen LogP contribution in [0.2, 0.25) is 0 Å². The van der Waals surface area contributed by atoms with Crippen LogP contribution in [0.3, 0.4) is 0 Å². The molecule has 1 heterocycles. The number of ketones is 1. The van der Waals surface area contributed by atoms with Gasteiger partial charge in [0.2, 0.25) is 5.78 Å². The number of hydrogen-bond donors (Lipinski definition) is 0. The summed E-state index contributed by atoms with van der Waals surface area (Å²) < 4.78 is 12.9. The molecule has 0 spiro atoms. The molecule has 5 heteroatoms. The molecule has 0 radical (unpaired) electrons. The summed E-state index contributed by atoms with van der Waals surface area (Å²) in [6.45, 7) is 6.30. The van der Waals surface area contributed by atoms with Gasteiger partial charge in [0.25, 0.3) is 0 Å². The molecule has 1 aliphatic rings. The molecule has 2 aromatic rings. The molecular weight excluding hydrogens is 366 g/mol. The molecule has 5 nitrogen and oxygen atoms in total. The molecule has 0 aliphatic heterocycles. The summed E-state index contributed by atoms with van der Waals surface area (Å²) in [6, 6.07) is 11.8. The zero-order chi connectivity index (χ0) is 21.0. The van der Waals surface area contributed by atoms with Crippen LogP contribution in [-0.4, -0.2) is 36.6 Å². The quantitative estimate of drug-likeness (QED) is 0.484. The molecule has 1 saturated carbocycles. The Hall–Kier alpha value is -2.40. The molecule has 1 aliphatic carbocycles. The lowest BCUT2D eigenvalue weighted by Gasteiger charge is -2.27. The van der Waals surface area contributed by atoms with E-state index in [2.05, 4.69) is 11.5 Å². The van der Waals surface area contributed by atoms with Gasteiger partial charge in [-0.15, -0.1) is 0 Å². The number of methoxy groups -OCH3 is 1. The van der Waals surface area contributed by atoms with Crippen molar-refractivity contribution in [2.75, 3.05) is 20.3 Å². The van der Waals surface area contributed by atoms with Crippen LogP contribution >= 0.6 is 0 Å². The Kier molecular flexibility index (Phi) is 6.58. The van der Waals surface area contributed by atoms with Crippen LogP contribution in [0.4, 0.5) is 0 Å². The summed E-state index contributed by atoms with van der Waals surface area (Å²) in [5, 5.41) is 0. The van der Waals surface area contributed by atoms with Crippen LogP contribution in [0.25, 0.3) is 0 Å². The van der Waals surface area contributed by atoms with Crippen molar-refractivity contribution in [2.45, 2.75) is 57.9 Å². The number of rotatable bonds is 8. The zero-order valence-corrected chi connectivity index (χ0v) is 17.9. The number of hydrogen-bond acceptors (Lipinski definition) is 4. The van der Waals surface area contributed by atoms with E-state index in [0.29, 0.717) is 12.2 Å². The summed E-state index contributed by atoms with van der Waals surface area (Å²) in [5.41, 5.74) is 2.86. The Labute approximate surface area is 173 Å². The Morgan fingerprint density at radius 1 is 1.14 bits per heavy atom. The van der Waals surface area contributed by atoms with E-state index in [0.717, 1.165) is 42.6 Å². The van der Waals surface area contributed by atoms with Crippen molar-refractivity contribution in [3.63, 3.8) is 0 Å². The molecule has 3 rings (SSSR count). The number of aryl methyl sites for hydroxylation is 1. The molecule has 1 atom stereocenters. The normalized spacial score (nSPS) is 16.6. The van der Waals surface area contributed by atoms with E-state index >= 15 is 0 Å². The largest absolute Gasteiger partial charge is 0.457 e. The summed E-state index contributed by atoms with van der Waals surface area (Å²) in [7, 11) is 1.67. The Bertz CT molecular complexity index is 863. The van der Waals surface area contributed by atoms with Crippen LogP contribution < -0.4 is 0 Å². The average Bonchev–Trinajstić information content (AvgIpc) is 3.32. The second kappa shape index (κ2) is 8.95. The molecule has 0 N–H and O–H groups in total. The van der Waals surface area contributed by atoms with Crippen LogP contribution in [0.5, 0.6) is 0 Å². The molecule has 0 saturated heterocycles. The molecule has 1 aromatic heterocycles. The van der Waals surface area contributed by atoms with Gasteiger partial charge in [0.1, 0.15) is 0 Å². The highest BCUT2D eigenvalue weighted by Crippen LogP contribution is 2.42. The van der Waals surface area contributed by atoms with Crippen molar-refractivity contribution in [3.05, 3.63) is 58.9 Å². The molecule has 1 fully saturated rings. The third kappa shape index (κ3) is 4.15. The number of nitrogens with zero attached hydrogens (tertiary/aromatic N) is 1. The van der Waals surface area contributed by atoms with E-state index in [1.165, 1.54) is 0 Å². The first-order valence-corrected chi connectivity index (χ1v) is 10.3. The molecule has 29 heavy (non-hydrogen) atoms. The SMILES string of the molecule is COC[C@H](C)n1c(C)cc(C(=O)COC(=O)C2(c3ccccc3)CCCC2)c1C. The summed E-state index contributed by atoms with van der Waals surface area (Å²) in [6.07, 6.45) is 3.53. The van der Waals surface area contributed by atoms with E-state index in [4.69, 9.17) is 9.47 Å². The highest BCUT2D eigenvalue weighted by molar-refractivity contribution is 5.99. The average molecular weight is 398 g/mol. The van der Waals surface area contributed by atoms with E-state index < -0.39 is 5.41 Å². The van der Waals surface area contributed by atoms with Crippen molar-refractivity contribution in [1.82, 2.24) is 4.57 Å². The van der Waals surface area contributed by atoms with Crippen molar-refractivity contribution in [2.24, 2.45) is 0 Å². The lowest BCUT2D eigenvalue weighted by molar-refractivity contribution is -0.149. The van der Waals surface area contributed by atoms with Crippen molar-refractivity contribution < 1.29 is 19.1 Å². The minimum absolute atomic E-state index is 0.129. The number of carbonyl (C=O) groups is 2. The maximum Gasteiger partial charge on any atom is 0.317 e. The third-order valence-corrected chi connectivity index (χ3v) is 6.14. The lowest BCUT2D eigenvalue weighted by atomic mass is 9.79.